The van der Waals surface area contributed by atoms with Gasteiger partial charge in [-0.25, -0.2) is 4.79 Å². The van der Waals surface area contributed by atoms with E-state index in [1.54, 1.807) is 11.6 Å². The van der Waals surface area contributed by atoms with Crippen molar-refractivity contribution in [2.24, 2.45) is 0 Å². The number of rotatable bonds is 7. The first kappa shape index (κ1) is 21.0. The van der Waals surface area contributed by atoms with E-state index in [2.05, 4.69) is 26.2 Å². The Morgan fingerprint density at radius 3 is 2.84 bits per heavy atom. The molecule has 1 aliphatic rings. The lowest BCUT2D eigenvalue weighted by Gasteiger charge is -2.12. The molecule has 0 spiro atoms. The highest BCUT2D eigenvalue weighted by molar-refractivity contribution is 7.17. The molecular weight excluding hydrogens is 416 g/mol. The Hall–Kier alpha value is -3.27. The lowest BCUT2D eigenvalue weighted by molar-refractivity contribution is -0.114. The summed E-state index contributed by atoms with van der Waals surface area (Å²) in [6.07, 6.45) is 2.81. The van der Waals surface area contributed by atoms with Crippen molar-refractivity contribution in [3.8, 4) is 5.69 Å². The fourth-order valence-corrected chi connectivity index (χ4v) is 4.96. The van der Waals surface area contributed by atoms with Gasteiger partial charge in [0.15, 0.2) is 5.82 Å². The molecule has 0 atom stereocenters. The Bertz CT molecular complexity index is 1140. The van der Waals surface area contributed by atoms with E-state index in [0.717, 1.165) is 46.6 Å². The average molecular weight is 441 g/mol. The number of hydrogen-bond acceptors (Lipinski definition) is 8. The number of thiophene rings is 1. The predicted molar refractivity (Wildman–Crippen MR) is 118 cm³/mol. The van der Waals surface area contributed by atoms with Crippen LogP contribution >= 0.6 is 11.3 Å². The summed E-state index contributed by atoms with van der Waals surface area (Å²) in [6, 6.07) is 5.74. The molecule has 162 valence electrons. The van der Waals surface area contributed by atoms with Crippen molar-refractivity contribution in [1.82, 2.24) is 20.2 Å². The summed E-state index contributed by atoms with van der Waals surface area (Å²) in [4.78, 5) is 26.2. The summed E-state index contributed by atoms with van der Waals surface area (Å²) >= 11 is 1.47. The molecule has 31 heavy (non-hydrogen) atoms. The van der Waals surface area contributed by atoms with Crippen LogP contribution in [-0.4, -0.2) is 45.2 Å². The number of anilines is 2. The topological polar surface area (TPSA) is 111 Å². The SMILES string of the molecule is CCOC(=O)c1c(NC(=O)CNc2ccc(C)c(-n3nnnc3C)c2)sc2c1CCC2. The quantitative estimate of drug-likeness (QED) is 0.543. The van der Waals surface area contributed by atoms with Crippen molar-refractivity contribution < 1.29 is 14.3 Å². The van der Waals surface area contributed by atoms with Crippen LogP contribution in [0, 0.1) is 13.8 Å². The predicted octanol–water partition coefficient (Wildman–Crippen LogP) is 3.06. The number of ether oxygens (including phenoxy) is 1. The normalized spacial score (nSPS) is 12.5. The van der Waals surface area contributed by atoms with Crippen LogP contribution in [0.25, 0.3) is 5.69 Å². The fraction of sp³-hybridized carbons (Fsp3) is 0.381. The van der Waals surface area contributed by atoms with Crippen LogP contribution in [0.1, 0.15) is 45.5 Å². The van der Waals surface area contributed by atoms with Gasteiger partial charge in [-0.15, -0.1) is 16.4 Å². The van der Waals surface area contributed by atoms with Gasteiger partial charge in [-0.2, -0.15) is 4.68 Å². The van der Waals surface area contributed by atoms with Gasteiger partial charge in [0.2, 0.25) is 5.91 Å². The molecule has 0 fully saturated rings. The molecule has 1 amide bonds. The first-order chi connectivity index (χ1) is 15.0. The monoisotopic (exact) mass is 440 g/mol. The highest BCUT2D eigenvalue weighted by Gasteiger charge is 2.28. The summed E-state index contributed by atoms with van der Waals surface area (Å²) in [6.45, 7) is 5.93. The largest absolute Gasteiger partial charge is 0.462 e. The Balaban J connectivity index is 1.46. The van der Waals surface area contributed by atoms with Gasteiger partial charge in [0.05, 0.1) is 24.4 Å². The Morgan fingerprint density at radius 1 is 1.26 bits per heavy atom. The van der Waals surface area contributed by atoms with E-state index in [-0.39, 0.29) is 18.4 Å². The smallest absolute Gasteiger partial charge is 0.341 e. The minimum Gasteiger partial charge on any atom is -0.462 e. The van der Waals surface area contributed by atoms with Crippen LogP contribution in [0.2, 0.25) is 0 Å². The maximum Gasteiger partial charge on any atom is 0.341 e. The molecule has 1 aliphatic carbocycles. The van der Waals surface area contributed by atoms with Crippen LogP contribution in [0.4, 0.5) is 10.7 Å². The Morgan fingerprint density at radius 2 is 2.10 bits per heavy atom. The van der Waals surface area contributed by atoms with Crippen LogP contribution < -0.4 is 10.6 Å². The lowest BCUT2D eigenvalue weighted by Crippen LogP contribution is -2.22. The second-order valence-electron chi connectivity index (χ2n) is 7.32. The van der Waals surface area contributed by atoms with Gasteiger partial charge in [-0.05, 0) is 73.7 Å². The van der Waals surface area contributed by atoms with Crippen molar-refractivity contribution in [1.29, 1.82) is 0 Å². The third kappa shape index (κ3) is 4.29. The van der Waals surface area contributed by atoms with Gasteiger partial charge in [0.1, 0.15) is 5.00 Å². The van der Waals surface area contributed by atoms with Crippen molar-refractivity contribution >= 4 is 33.9 Å². The number of carbonyl (C=O) groups excluding carboxylic acids is 2. The summed E-state index contributed by atoms with van der Waals surface area (Å²) < 4.78 is 6.87. The summed E-state index contributed by atoms with van der Waals surface area (Å²) in [7, 11) is 0. The highest BCUT2D eigenvalue weighted by atomic mass is 32.1. The third-order valence-electron chi connectivity index (χ3n) is 5.17. The van der Waals surface area contributed by atoms with Crippen molar-refractivity contribution in [2.75, 3.05) is 23.8 Å². The van der Waals surface area contributed by atoms with E-state index >= 15 is 0 Å². The molecule has 0 aliphatic heterocycles. The van der Waals surface area contributed by atoms with E-state index in [0.29, 0.717) is 23.0 Å². The molecule has 10 heteroatoms. The summed E-state index contributed by atoms with van der Waals surface area (Å²) in [5, 5.41) is 18.2. The van der Waals surface area contributed by atoms with Crippen LogP contribution in [0.15, 0.2) is 18.2 Å². The maximum atomic E-state index is 12.6. The molecule has 2 N–H and O–H groups in total. The minimum atomic E-state index is -0.370. The lowest BCUT2D eigenvalue weighted by atomic mass is 10.1. The van der Waals surface area contributed by atoms with E-state index in [9.17, 15) is 9.59 Å². The van der Waals surface area contributed by atoms with Crippen molar-refractivity contribution in [3.05, 3.63) is 45.6 Å². The number of hydrogen-bond donors (Lipinski definition) is 2. The first-order valence-electron chi connectivity index (χ1n) is 10.2. The molecule has 0 saturated heterocycles. The standard InChI is InChI=1S/C21H24N6O3S/c1-4-30-21(29)19-15-6-5-7-17(15)31-20(19)23-18(28)11-22-14-9-8-12(2)16(10-14)27-13(3)24-25-26-27/h8-10,22H,4-7,11H2,1-3H3,(H,23,28). The number of esters is 1. The zero-order valence-electron chi connectivity index (χ0n) is 17.7. The second-order valence-corrected chi connectivity index (χ2v) is 8.43. The number of carbonyl (C=O) groups is 2. The number of nitrogens with one attached hydrogen (secondary N) is 2. The minimum absolute atomic E-state index is 0.0575. The maximum absolute atomic E-state index is 12.6. The van der Waals surface area contributed by atoms with E-state index in [1.807, 2.05) is 32.0 Å². The average Bonchev–Trinajstić information content (AvgIpc) is 3.43. The van der Waals surface area contributed by atoms with Gasteiger partial charge < -0.3 is 15.4 Å². The molecule has 2 aromatic heterocycles. The fourth-order valence-electron chi connectivity index (χ4n) is 3.67. The molecule has 4 rings (SSSR count). The molecule has 0 radical (unpaired) electrons. The molecule has 1 aromatic carbocycles. The van der Waals surface area contributed by atoms with Crippen LogP contribution in [-0.2, 0) is 22.4 Å². The van der Waals surface area contributed by atoms with E-state index in [1.165, 1.54) is 11.3 Å². The van der Waals surface area contributed by atoms with Gasteiger partial charge in [0, 0.05) is 10.6 Å². The van der Waals surface area contributed by atoms with Crippen molar-refractivity contribution in [2.45, 2.75) is 40.0 Å². The van der Waals surface area contributed by atoms with Gasteiger partial charge in [-0.3, -0.25) is 4.79 Å². The zero-order valence-corrected chi connectivity index (χ0v) is 18.5. The van der Waals surface area contributed by atoms with Crippen LogP contribution in [0.3, 0.4) is 0 Å². The number of benzene rings is 1. The zero-order chi connectivity index (χ0) is 22.0. The van der Waals surface area contributed by atoms with Crippen LogP contribution in [0.5, 0.6) is 0 Å². The second kappa shape index (κ2) is 8.84. The summed E-state index contributed by atoms with van der Waals surface area (Å²) in [5.41, 5.74) is 4.15. The first-order valence-corrected chi connectivity index (χ1v) is 11.0. The van der Waals surface area contributed by atoms with Crippen molar-refractivity contribution in [3.63, 3.8) is 0 Å². The number of amides is 1. The Labute approximate surface area is 183 Å². The van der Waals surface area contributed by atoms with Gasteiger partial charge in [0.25, 0.3) is 0 Å². The van der Waals surface area contributed by atoms with Gasteiger partial charge >= 0.3 is 5.97 Å². The molecule has 3 aromatic rings. The molecule has 2 heterocycles. The molecule has 9 nitrogen and oxygen atoms in total. The number of aromatic nitrogens is 4. The van der Waals surface area contributed by atoms with Gasteiger partial charge in [-0.1, -0.05) is 6.07 Å². The third-order valence-corrected chi connectivity index (χ3v) is 6.38. The number of nitrogens with zero attached hydrogens (tertiary/aromatic N) is 4. The summed E-state index contributed by atoms with van der Waals surface area (Å²) in [5.74, 6) is 0.0755. The molecule has 0 unspecified atom stereocenters. The highest BCUT2D eigenvalue weighted by Crippen LogP contribution is 2.39. The Kier molecular flexibility index (Phi) is 5.99. The van der Waals surface area contributed by atoms with E-state index < -0.39 is 0 Å². The molecule has 0 saturated carbocycles. The number of fused-ring (bicyclic) bond motifs is 1. The molecular formula is C21H24N6O3S. The van der Waals surface area contributed by atoms with E-state index in [4.69, 9.17) is 4.74 Å². The number of aryl methyl sites for hydroxylation is 3. The number of tetrazole rings is 1. The molecule has 0 bridgehead atoms.